The minimum Gasteiger partial charge on any atom is -0.354 e. The molecule has 0 saturated carbocycles. The Bertz CT molecular complexity index is 745. The molecule has 1 aliphatic heterocycles. The summed E-state index contributed by atoms with van der Waals surface area (Å²) in [5.74, 6) is -0.0367. The molecule has 0 bridgehead atoms. The molecule has 3 atom stereocenters. The number of nitrogens with one attached hydrogen (secondary N) is 3. The van der Waals surface area contributed by atoms with Crippen LogP contribution in [0.1, 0.15) is 32.0 Å². The molecule has 8 heteroatoms. The normalized spacial score (nSPS) is 21.3. The number of nitrogens with zero attached hydrogens (tertiary/aromatic N) is 3. The Balaban J connectivity index is 1.60. The fraction of sp³-hybridized carbons (Fsp3) is 0.412. The van der Waals surface area contributed by atoms with E-state index in [-0.39, 0.29) is 17.9 Å². The summed E-state index contributed by atoms with van der Waals surface area (Å²) >= 11 is 0. The molecule has 1 aliphatic rings. The van der Waals surface area contributed by atoms with Crippen molar-refractivity contribution >= 4 is 11.9 Å². The summed E-state index contributed by atoms with van der Waals surface area (Å²) < 4.78 is 1.65. The van der Waals surface area contributed by atoms with Gasteiger partial charge in [0.2, 0.25) is 5.91 Å². The monoisotopic (exact) mass is 342 g/mol. The molecule has 3 N–H and O–H groups in total. The van der Waals surface area contributed by atoms with Crippen LogP contribution >= 0.6 is 0 Å². The lowest BCUT2D eigenvalue weighted by Crippen LogP contribution is -2.56. The van der Waals surface area contributed by atoms with Crippen LogP contribution in [-0.2, 0) is 4.79 Å². The molecule has 1 aromatic carbocycles. The lowest BCUT2D eigenvalue weighted by Gasteiger charge is -2.29. The third-order valence-electron chi connectivity index (χ3n) is 4.36. The standard InChI is InChI=1S/C17H22N6O2/c1-11-8-9-18-16(24)15(11)20-17(25)19-12(2)14-10-23(22-21-14)13-6-4-3-5-7-13/h3-7,10-12,15H,8-9H2,1-2H3,(H,18,24)(H2,19,20,25). The van der Waals surface area contributed by atoms with E-state index >= 15 is 0 Å². The minimum atomic E-state index is -0.513. The topological polar surface area (TPSA) is 101 Å². The zero-order valence-electron chi connectivity index (χ0n) is 14.3. The SMILES string of the molecule is CC(NC(=O)NC1C(=O)NCCC1C)c1cn(-c2ccccc2)nn1. The van der Waals surface area contributed by atoms with Crippen molar-refractivity contribution in [2.45, 2.75) is 32.4 Å². The second kappa shape index (κ2) is 7.33. The van der Waals surface area contributed by atoms with Crippen LogP contribution in [0.4, 0.5) is 4.79 Å². The van der Waals surface area contributed by atoms with Crippen LogP contribution in [0.2, 0.25) is 0 Å². The van der Waals surface area contributed by atoms with Crippen molar-refractivity contribution in [3.8, 4) is 5.69 Å². The third-order valence-corrected chi connectivity index (χ3v) is 4.36. The Morgan fingerprint density at radius 2 is 2.12 bits per heavy atom. The van der Waals surface area contributed by atoms with Crippen molar-refractivity contribution < 1.29 is 9.59 Å². The number of para-hydroxylation sites is 1. The summed E-state index contributed by atoms with van der Waals surface area (Å²) in [7, 11) is 0. The minimum absolute atomic E-state index is 0.105. The van der Waals surface area contributed by atoms with Gasteiger partial charge in [-0.2, -0.15) is 0 Å². The van der Waals surface area contributed by atoms with E-state index in [0.717, 1.165) is 12.1 Å². The number of hydrogen-bond donors (Lipinski definition) is 3. The zero-order chi connectivity index (χ0) is 17.8. The molecular formula is C17H22N6O2. The van der Waals surface area contributed by atoms with Gasteiger partial charge in [0.1, 0.15) is 11.7 Å². The summed E-state index contributed by atoms with van der Waals surface area (Å²) in [6.45, 7) is 4.43. The average molecular weight is 342 g/mol. The smallest absolute Gasteiger partial charge is 0.315 e. The van der Waals surface area contributed by atoms with E-state index in [9.17, 15) is 9.59 Å². The maximum absolute atomic E-state index is 12.2. The van der Waals surface area contributed by atoms with Crippen molar-refractivity contribution in [1.82, 2.24) is 30.9 Å². The summed E-state index contributed by atoms with van der Waals surface area (Å²) in [4.78, 5) is 24.1. The van der Waals surface area contributed by atoms with Gasteiger partial charge in [0.15, 0.2) is 0 Å². The number of carbonyl (C=O) groups excluding carboxylic acids is 2. The van der Waals surface area contributed by atoms with Crippen molar-refractivity contribution in [2.75, 3.05) is 6.54 Å². The maximum atomic E-state index is 12.2. The number of aromatic nitrogens is 3. The van der Waals surface area contributed by atoms with Crippen LogP contribution in [-0.4, -0.2) is 39.5 Å². The molecule has 3 rings (SSSR count). The van der Waals surface area contributed by atoms with Gasteiger partial charge in [-0.05, 0) is 31.4 Å². The Labute approximate surface area is 146 Å². The number of hydrogen-bond acceptors (Lipinski definition) is 4. The first kappa shape index (κ1) is 16.9. The van der Waals surface area contributed by atoms with E-state index in [1.165, 1.54) is 0 Å². The molecule has 2 aromatic rings. The van der Waals surface area contributed by atoms with Gasteiger partial charge in [0, 0.05) is 6.54 Å². The molecule has 1 saturated heterocycles. The van der Waals surface area contributed by atoms with Crippen LogP contribution in [0, 0.1) is 5.92 Å². The number of piperidine rings is 1. The van der Waals surface area contributed by atoms with Crippen molar-refractivity contribution in [3.05, 3.63) is 42.2 Å². The molecule has 2 heterocycles. The first-order chi connectivity index (χ1) is 12.0. The molecular weight excluding hydrogens is 320 g/mol. The van der Waals surface area contributed by atoms with E-state index in [1.807, 2.05) is 44.2 Å². The third kappa shape index (κ3) is 3.96. The van der Waals surface area contributed by atoms with E-state index < -0.39 is 12.1 Å². The number of carbonyl (C=O) groups is 2. The largest absolute Gasteiger partial charge is 0.354 e. The first-order valence-corrected chi connectivity index (χ1v) is 8.37. The van der Waals surface area contributed by atoms with E-state index in [1.54, 1.807) is 10.9 Å². The number of benzene rings is 1. The predicted molar refractivity (Wildman–Crippen MR) is 92.0 cm³/mol. The van der Waals surface area contributed by atoms with Crippen LogP contribution in [0.5, 0.6) is 0 Å². The second-order valence-corrected chi connectivity index (χ2v) is 6.30. The molecule has 0 spiro atoms. The van der Waals surface area contributed by atoms with Gasteiger partial charge >= 0.3 is 6.03 Å². The van der Waals surface area contributed by atoms with E-state index in [2.05, 4.69) is 26.3 Å². The average Bonchev–Trinajstić information content (AvgIpc) is 3.09. The van der Waals surface area contributed by atoms with Crippen LogP contribution < -0.4 is 16.0 Å². The van der Waals surface area contributed by atoms with Crippen LogP contribution in [0.15, 0.2) is 36.5 Å². The Morgan fingerprint density at radius 1 is 1.36 bits per heavy atom. The van der Waals surface area contributed by atoms with Gasteiger partial charge in [-0.15, -0.1) is 5.10 Å². The Kier molecular flexibility index (Phi) is 4.97. The highest BCUT2D eigenvalue weighted by molar-refractivity contribution is 5.87. The van der Waals surface area contributed by atoms with Crippen molar-refractivity contribution in [3.63, 3.8) is 0 Å². The molecule has 0 radical (unpaired) electrons. The Hall–Kier alpha value is -2.90. The van der Waals surface area contributed by atoms with Gasteiger partial charge in [0.05, 0.1) is 17.9 Å². The lowest BCUT2D eigenvalue weighted by molar-refractivity contribution is -0.125. The van der Waals surface area contributed by atoms with E-state index in [0.29, 0.717) is 12.2 Å². The van der Waals surface area contributed by atoms with Gasteiger partial charge in [-0.25, -0.2) is 9.48 Å². The van der Waals surface area contributed by atoms with Crippen LogP contribution in [0.25, 0.3) is 5.69 Å². The molecule has 0 aliphatic carbocycles. The second-order valence-electron chi connectivity index (χ2n) is 6.30. The predicted octanol–water partition coefficient (Wildman–Crippen LogP) is 1.15. The van der Waals surface area contributed by atoms with Gasteiger partial charge in [-0.3, -0.25) is 4.79 Å². The van der Waals surface area contributed by atoms with Gasteiger partial charge in [-0.1, -0.05) is 30.3 Å². The highest BCUT2D eigenvalue weighted by atomic mass is 16.2. The van der Waals surface area contributed by atoms with Crippen molar-refractivity contribution in [1.29, 1.82) is 0 Å². The van der Waals surface area contributed by atoms with Crippen LogP contribution in [0.3, 0.4) is 0 Å². The number of rotatable bonds is 4. The molecule has 3 amide bonds. The van der Waals surface area contributed by atoms with Gasteiger partial charge in [0.25, 0.3) is 0 Å². The van der Waals surface area contributed by atoms with E-state index in [4.69, 9.17) is 0 Å². The molecule has 132 valence electrons. The number of amides is 3. The summed E-state index contributed by atoms with van der Waals surface area (Å²) in [5, 5.41) is 16.5. The number of urea groups is 1. The molecule has 8 nitrogen and oxygen atoms in total. The molecule has 1 fully saturated rings. The first-order valence-electron chi connectivity index (χ1n) is 8.37. The fourth-order valence-corrected chi connectivity index (χ4v) is 2.80. The van der Waals surface area contributed by atoms with Crippen molar-refractivity contribution in [2.24, 2.45) is 5.92 Å². The summed E-state index contributed by atoms with van der Waals surface area (Å²) in [5.41, 5.74) is 1.53. The fourth-order valence-electron chi connectivity index (χ4n) is 2.80. The Morgan fingerprint density at radius 3 is 2.84 bits per heavy atom. The lowest BCUT2D eigenvalue weighted by atomic mass is 9.94. The summed E-state index contributed by atoms with van der Waals surface area (Å²) in [6.07, 6.45) is 2.62. The maximum Gasteiger partial charge on any atom is 0.315 e. The molecule has 25 heavy (non-hydrogen) atoms. The zero-order valence-corrected chi connectivity index (χ0v) is 14.3. The summed E-state index contributed by atoms with van der Waals surface area (Å²) in [6, 6.07) is 8.37. The molecule has 3 unspecified atom stereocenters. The highest BCUT2D eigenvalue weighted by Crippen LogP contribution is 2.14. The van der Waals surface area contributed by atoms with Gasteiger partial charge < -0.3 is 16.0 Å². The highest BCUT2D eigenvalue weighted by Gasteiger charge is 2.30. The molecule has 1 aromatic heterocycles. The quantitative estimate of drug-likeness (QED) is 0.776.